The van der Waals surface area contributed by atoms with Crippen molar-refractivity contribution in [1.82, 2.24) is 4.90 Å². The van der Waals surface area contributed by atoms with Gasteiger partial charge in [0.1, 0.15) is 12.4 Å². The smallest absolute Gasteiger partial charge is 0.163 e. The van der Waals surface area contributed by atoms with E-state index in [1.807, 2.05) is 36.0 Å². The van der Waals surface area contributed by atoms with E-state index in [4.69, 9.17) is 4.74 Å². The largest absolute Gasteiger partial charge is 0.491 e. The predicted octanol–water partition coefficient (Wildman–Crippen LogP) is 2.71. The molecule has 1 fully saturated rings. The number of hydrogen-bond donors (Lipinski definition) is 0. The van der Waals surface area contributed by atoms with E-state index in [2.05, 4.69) is 4.90 Å². The molecule has 0 aliphatic carbocycles. The Morgan fingerprint density at radius 3 is 3.00 bits per heavy atom. The number of ether oxygens (including phenoxy) is 1. The van der Waals surface area contributed by atoms with Crippen molar-refractivity contribution in [2.24, 2.45) is 0 Å². The summed E-state index contributed by atoms with van der Waals surface area (Å²) in [6.07, 6.45) is 1.26. The molecule has 0 atom stereocenters. The fourth-order valence-electron chi connectivity index (χ4n) is 2.19. The maximum Gasteiger partial charge on any atom is 0.163 e. The molecule has 0 aromatic heterocycles. The Balaban J connectivity index is 1.83. The van der Waals surface area contributed by atoms with Crippen LogP contribution in [0.15, 0.2) is 24.3 Å². The van der Waals surface area contributed by atoms with Gasteiger partial charge in [0.2, 0.25) is 0 Å². The summed E-state index contributed by atoms with van der Waals surface area (Å²) in [5.41, 5.74) is 0.675. The van der Waals surface area contributed by atoms with E-state index >= 15 is 0 Å². The van der Waals surface area contributed by atoms with Gasteiger partial charge in [0.05, 0.1) is 5.56 Å². The van der Waals surface area contributed by atoms with Crippen molar-refractivity contribution >= 4 is 17.5 Å². The van der Waals surface area contributed by atoms with Crippen LogP contribution < -0.4 is 4.74 Å². The number of rotatable bonds is 5. The zero-order valence-electron chi connectivity index (χ0n) is 11.4. The summed E-state index contributed by atoms with van der Waals surface area (Å²) in [7, 11) is 0. The van der Waals surface area contributed by atoms with Crippen LogP contribution in [0.5, 0.6) is 5.75 Å². The van der Waals surface area contributed by atoms with Gasteiger partial charge in [-0.25, -0.2) is 0 Å². The average Bonchev–Trinajstić information content (AvgIpc) is 2.68. The minimum atomic E-state index is 0.0572. The lowest BCUT2D eigenvalue weighted by molar-refractivity contribution is 0.101. The van der Waals surface area contributed by atoms with E-state index in [9.17, 15) is 4.79 Å². The van der Waals surface area contributed by atoms with E-state index in [-0.39, 0.29) is 5.78 Å². The molecule has 2 rings (SSSR count). The van der Waals surface area contributed by atoms with Gasteiger partial charge in [0.25, 0.3) is 0 Å². The van der Waals surface area contributed by atoms with Crippen molar-refractivity contribution in [3.8, 4) is 5.75 Å². The summed E-state index contributed by atoms with van der Waals surface area (Å²) >= 11 is 2.03. The van der Waals surface area contributed by atoms with E-state index in [0.717, 1.165) is 19.6 Å². The molecule has 1 aliphatic rings. The van der Waals surface area contributed by atoms with Gasteiger partial charge in [-0.3, -0.25) is 9.69 Å². The first kappa shape index (κ1) is 14.4. The summed E-state index contributed by atoms with van der Waals surface area (Å²) in [4.78, 5) is 13.9. The van der Waals surface area contributed by atoms with Gasteiger partial charge in [0.15, 0.2) is 5.78 Å². The molecule has 0 saturated carbocycles. The number of carbonyl (C=O) groups is 1. The fourth-order valence-corrected chi connectivity index (χ4v) is 3.11. The van der Waals surface area contributed by atoms with Crippen LogP contribution in [0.4, 0.5) is 0 Å². The minimum absolute atomic E-state index is 0.0572. The second kappa shape index (κ2) is 7.56. The zero-order valence-corrected chi connectivity index (χ0v) is 12.2. The number of ketones is 1. The second-order valence-electron chi connectivity index (χ2n) is 4.71. The van der Waals surface area contributed by atoms with Gasteiger partial charge < -0.3 is 4.74 Å². The van der Waals surface area contributed by atoms with Gasteiger partial charge in [0, 0.05) is 18.8 Å². The monoisotopic (exact) mass is 279 g/mol. The Morgan fingerprint density at radius 1 is 1.32 bits per heavy atom. The molecular formula is C15H21NO2S. The normalized spacial score (nSPS) is 16.9. The number of benzene rings is 1. The molecule has 1 aliphatic heterocycles. The van der Waals surface area contributed by atoms with Crippen molar-refractivity contribution in [3.05, 3.63) is 29.8 Å². The molecule has 0 radical (unpaired) electrons. The molecule has 0 amide bonds. The van der Waals surface area contributed by atoms with Crippen molar-refractivity contribution in [1.29, 1.82) is 0 Å². The number of hydrogen-bond acceptors (Lipinski definition) is 4. The van der Waals surface area contributed by atoms with Crippen LogP contribution in [0.2, 0.25) is 0 Å². The van der Waals surface area contributed by atoms with E-state index in [1.54, 1.807) is 6.92 Å². The first-order valence-electron chi connectivity index (χ1n) is 6.80. The highest BCUT2D eigenvalue weighted by molar-refractivity contribution is 7.99. The van der Waals surface area contributed by atoms with E-state index < -0.39 is 0 Å². The van der Waals surface area contributed by atoms with E-state index in [1.165, 1.54) is 17.9 Å². The highest BCUT2D eigenvalue weighted by Crippen LogP contribution is 2.18. The Labute approximate surface area is 119 Å². The number of nitrogens with zero attached hydrogens (tertiary/aromatic N) is 1. The quantitative estimate of drug-likeness (QED) is 0.775. The first-order valence-corrected chi connectivity index (χ1v) is 7.96. The lowest BCUT2D eigenvalue weighted by Crippen LogP contribution is -2.30. The van der Waals surface area contributed by atoms with Crippen molar-refractivity contribution in [3.63, 3.8) is 0 Å². The summed E-state index contributed by atoms with van der Waals surface area (Å²) < 4.78 is 5.77. The lowest BCUT2D eigenvalue weighted by atomic mass is 10.1. The van der Waals surface area contributed by atoms with Crippen LogP contribution in [0.1, 0.15) is 23.7 Å². The average molecular weight is 279 g/mol. The van der Waals surface area contributed by atoms with Crippen molar-refractivity contribution < 1.29 is 9.53 Å². The molecule has 3 nitrogen and oxygen atoms in total. The Morgan fingerprint density at radius 2 is 2.16 bits per heavy atom. The molecule has 104 valence electrons. The molecule has 4 heteroatoms. The summed E-state index contributed by atoms with van der Waals surface area (Å²) in [6.45, 7) is 5.46. The van der Waals surface area contributed by atoms with E-state index in [0.29, 0.717) is 17.9 Å². The zero-order chi connectivity index (χ0) is 13.5. The van der Waals surface area contributed by atoms with Gasteiger partial charge in [-0.2, -0.15) is 11.8 Å². The van der Waals surface area contributed by atoms with Crippen LogP contribution in [0.3, 0.4) is 0 Å². The van der Waals surface area contributed by atoms with Crippen molar-refractivity contribution in [2.75, 3.05) is 37.7 Å². The highest BCUT2D eigenvalue weighted by atomic mass is 32.2. The molecule has 19 heavy (non-hydrogen) atoms. The standard InChI is InChI=1S/C15H21NO2S/c1-13(17)14-5-2-3-6-15(14)18-10-8-16-7-4-11-19-12-9-16/h2-3,5-6H,4,7-12H2,1H3. The second-order valence-corrected chi connectivity index (χ2v) is 5.93. The number of Topliss-reactive ketones (excluding diaryl/α,β-unsaturated/α-hetero) is 1. The molecule has 1 aromatic rings. The maximum atomic E-state index is 11.5. The molecule has 0 bridgehead atoms. The minimum Gasteiger partial charge on any atom is -0.491 e. The third-order valence-electron chi connectivity index (χ3n) is 3.25. The molecule has 0 spiro atoms. The summed E-state index contributed by atoms with van der Waals surface area (Å²) in [5.74, 6) is 3.25. The fraction of sp³-hybridized carbons (Fsp3) is 0.533. The van der Waals surface area contributed by atoms with Gasteiger partial charge in [-0.1, -0.05) is 12.1 Å². The lowest BCUT2D eigenvalue weighted by Gasteiger charge is -2.19. The maximum absolute atomic E-state index is 11.5. The third kappa shape index (κ3) is 4.55. The Kier molecular flexibility index (Phi) is 5.73. The topological polar surface area (TPSA) is 29.5 Å². The third-order valence-corrected chi connectivity index (χ3v) is 4.29. The number of carbonyl (C=O) groups excluding carboxylic acids is 1. The van der Waals surface area contributed by atoms with Gasteiger partial charge in [-0.05, 0) is 37.8 Å². The molecule has 0 N–H and O–H groups in total. The van der Waals surface area contributed by atoms with Crippen LogP contribution >= 0.6 is 11.8 Å². The Hall–Kier alpha value is -1.00. The Bertz CT molecular complexity index is 414. The predicted molar refractivity (Wildman–Crippen MR) is 80.3 cm³/mol. The molecule has 1 aromatic carbocycles. The molecule has 1 saturated heterocycles. The van der Waals surface area contributed by atoms with Crippen molar-refractivity contribution in [2.45, 2.75) is 13.3 Å². The molecule has 0 unspecified atom stereocenters. The molecular weight excluding hydrogens is 258 g/mol. The summed E-state index contributed by atoms with van der Waals surface area (Å²) in [6, 6.07) is 7.47. The van der Waals surface area contributed by atoms with Crippen LogP contribution in [0.25, 0.3) is 0 Å². The molecule has 1 heterocycles. The van der Waals surface area contributed by atoms with Crippen LogP contribution in [-0.4, -0.2) is 48.4 Å². The SMILES string of the molecule is CC(=O)c1ccccc1OCCN1CCCSCC1. The highest BCUT2D eigenvalue weighted by Gasteiger charge is 2.10. The van der Waals surface area contributed by atoms with Crippen LogP contribution in [-0.2, 0) is 0 Å². The number of thioether (sulfide) groups is 1. The van der Waals surface area contributed by atoms with Crippen LogP contribution in [0, 0.1) is 0 Å². The first-order chi connectivity index (χ1) is 9.27. The van der Waals surface area contributed by atoms with Gasteiger partial charge >= 0.3 is 0 Å². The summed E-state index contributed by atoms with van der Waals surface area (Å²) in [5, 5.41) is 0. The number of para-hydroxylation sites is 1. The van der Waals surface area contributed by atoms with Gasteiger partial charge in [-0.15, -0.1) is 0 Å².